The van der Waals surface area contributed by atoms with Crippen molar-refractivity contribution in [1.29, 1.82) is 0 Å². The molecule has 0 bridgehead atoms. The average Bonchev–Trinajstić information content (AvgIpc) is 2.72. The summed E-state index contributed by atoms with van der Waals surface area (Å²) in [7, 11) is 2.18. The zero-order chi connectivity index (χ0) is 11.8. The molecular weight excluding hydrogens is 327 g/mol. The SMILES string of the molecule is CN1CCN(c2ccc3c(I)cnn3c2)CC1. The molecule has 17 heavy (non-hydrogen) atoms. The molecule has 5 heteroatoms. The van der Waals surface area contributed by atoms with Crippen molar-refractivity contribution in [3.05, 3.63) is 28.1 Å². The van der Waals surface area contributed by atoms with Crippen LogP contribution in [0, 0.1) is 3.57 Å². The van der Waals surface area contributed by atoms with Gasteiger partial charge in [0, 0.05) is 26.2 Å². The zero-order valence-electron chi connectivity index (χ0n) is 9.80. The smallest absolute Gasteiger partial charge is 0.0796 e. The third-order valence-electron chi connectivity index (χ3n) is 3.32. The highest BCUT2D eigenvalue weighted by atomic mass is 127. The minimum Gasteiger partial charge on any atom is -0.368 e. The van der Waals surface area contributed by atoms with Gasteiger partial charge >= 0.3 is 0 Å². The van der Waals surface area contributed by atoms with Crippen LogP contribution in [0.2, 0.25) is 0 Å². The van der Waals surface area contributed by atoms with Gasteiger partial charge in [0.2, 0.25) is 0 Å². The molecule has 4 nitrogen and oxygen atoms in total. The van der Waals surface area contributed by atoms with E-state index in [1.54, 1.807) is 0 Å². The van der Waals surface area contributed by atoms with E-state index in [1.807, 2.05) is 10.7 Å². The number of halogens is 1. The highest BCUT2D eigenvalue weighted by Crippen LogP contribution is 2.20. The molecule has 0 aliphatic carbocycles. The summed E-state index contributed by atoms with van der Waals surface area (Å²) in [6.07, 6.45) is 4.03. The van der Waals surface area contributed by atoms with Gasteiger partial charge in [-0.3, -0.25) is 0 Å². The Labute approximate surface area is 114 Å². The van der Waals surface area contributed by atoms with Crippen molar-refractivity contribution in [2.45, 2.75) is 0 Å². The van der Waals surface area contributed by atoms with Gasteiger partial charge in [0.05, 0.1) is 27.2 Å². The fourth-order valence-corrected chi connectivity index (χ4v) is 2.75. The maximum absolute atomic E-state index is 4.36. The van der Waals surface area contributed by atoms with Crippen molar-refractivity contribution in [2.75, 3.05) is 38.1 Å². The first kappa shape index (κ1) is 11.3. The summed E-state index contributed by atoms with van der Waals surface area (Å²) in [5.74, 6) is 0. The number of anilines is 1. The first-order valence-corrected chi connectivity index (χ1v) is 6.88. The van der Waals surface area contributed by atoms with E-state index in [1.165, 1.54) is 14.8 Å². The van der Waals surface area contributed by atoms with Crippen LogP contribution in [-0.4, -0.2) is 47.7 Å². The summed E-state index contributed by atoms with van der Waals surface area (Å²) in [5, 5.41) is 4.36. The number of fused-ring (bicyclic) bond motifs is 1. The molecule has 90 valence electrons. The predicted octanol–water partition coefficient (Wildman–Crippen LogP) is 1.69. The van der Waals surface area contributed by atoms with Gasteiger partial charge in [-0.15, -0.1) is 0 Å². The lowest BCUT2D eigenvalue weighted by molar-refractivity contribution is 0.312. The van der Waals surface area contributed by atoms with E-state index >= 15 is 0 Å². The van der Waals surface area contributed by atoms with Crippen molar-refractivity contribution in [1.82, 2.24) is 14.5 Å². The van der Waals surface area contributed by atoms with Gasteiger partial charge in [0.1, 0.15) is 0 Å². The van der Waals surface area contributed by atoms with Crippen LogP contribution in [0.4, 0.5) is 5.69 Å². The second kappa shape index (κ2) is 4.45. The molecule has 2 aromatic heterocycles. The standard InChI is InChI=1S/C12H15IN4/c1-15-4-6-16(7-5-15)10-2-3-12-11(13)8-14-17(12)9-10/h2-3,8-9H,4-7H2,1H3. The minimum atomic E-state index is 1.10. The fraction of sp³-hybridized carbons (Fsp3) is 0.417. The highest BCUT2D eigenvalue weighted by Gasteiger charge is 2.14. The van der Waals surface area contributed by atoms with Crippen molar-refractivity contribution in [3.63, 3.8) is 0 Å². The lowest BCUT2D eigenvalue weighted by atomic mass is 10.3. The quantitative estimate of drug-likeness (QED) is 0.737. The monoisotopic (exact) mass is 342 g/mol. The number of aromatic nitrogens is 2. The van der Waals surface area contributed by atoms with Crippen LogP contribution in [-0.2, 0) is 0 Å². The van der Waals surface area contributed by atoms with Crippen LogP contribution in [0.15, 0.2) is 24.5 Å². The molecule has 1 aliphatic rings. The van der Waals surface area contributed by atoms with Crippen LogP contribution in [0.1, 0.15) is 0 Å². The third kappa shape index (κ3) is 2.13. The van der Waals surface area contributed by atoms with E-state index in [0.29, 0.717) is 0 Å². The summed E-state index contributed by atoms with van der Waals surface area (Å²) in [5.41, 5.74) is 2.45. The molecule has 2 aromatic rings. The summed E-state index contributed by atoms with van der Waals surface area (Å²) in [4.78, 5) is 4.79. The molecule has 0 radical (unpaired) electrons. The molecule has 3 rings (SSSR count). The zero-order valence-corrected chi connectivity index (χ0v) is 12.0. The summed E-state index contributed by atoms with van der Waals surface area (Å²) in [6, 6.07) is 4.35. The van der Waals surface area contributed by atoms with Gasteiger partial charge in [-0.2, -0.15) is 5.10 Å². The Hall–Kier alpha value is -0.820. The van der Waals surface area contributed by atoms with Crippen molar-refractivity contribution >= 4 is 33.8 Å². The van der Waals surface area contributed by atoms with Gasteiger partial charge < -0.3 is 9.80 Å². The molecule has 3 heterocycles. The lowest BCUT2D eigenvalue weighted by Gasteiger charge is -2.33. The molecule has 0 amide bonds. The van der Waals surface area contributed by atoms with E-state index in [2.05, 4.69) is 62.9 Å². The maximum Gasteiger partial charge on any atom is 0.0796 e. The molecule has 1 saturated heterocycles. The molecule has 1 aliphatic heterocycles. The van der Waals surface area contributed by atoms with E-state index < -0.39 is 0 Å². The van der Waals surface area contributed by atoms with Gasteiger partial charge in [0.25, 0.3) is 0 Å². The van der Waals surface area contributed by atoms with Gasteiger partial charge in [0.15, 0.2) is 0 Å². The van der Waals surface area contributed by atoms with Gasteiger partial charge in [-0.1, -0.05) is 0 Å². The first-order valence-electron chi connectivity index (χ1n) is 5.80. The molecule has 0 atom stereocenters. The van der Waals surface area contributed by atoms with E-state index in [-0.39, 0.29) is 0 Å². The Morgan fingerprint density at radius 3 is 2.71 bits per heavy atom. The van der Waals surface area contributed by atoms with Gasteiger partial charge in [-0.05, 0) is 41.8 Å². The molecule has 0 saturated carbocycles. The van der Waals surface area contributed by atoms with Crippen LogP contribution >= 0.6 is 22.6 Å². The predicted molar refractivity (Wildman–Crippen MR) is 77.6 cm³/mol. The van der Waals surface area contributed by atoms with E-state index in [0.717, 1.165) is 26.2 Å². The van der Waals surface area contributed by atoms with Crippen LogP contribution < -0.4 is 4.90 Å². The Bertz CT molecular complexity index is 528. The number of rotatable bonds is 1. The number of piperazine rings is 1. The van der Waals surface area contributed by atoms with Crippen LogP contribution in [0.25, 0.3) is 5.52 Å². The Morgan fingerprint density at radius 1 is 1.18 bits per heavy atom. The highest BCUT2D eigenvalue weighted by molar-refractivity contribution is 14.1. The number of pyridine rings is 1. The van der Waals surface area contributed by atoms with E-state index in [4.69, 9.17) is 0 Å². The van der Waals surface area contributed by atoms with Crippen LogP contribution in [0.3, 0.4) is 0 Å². The summed E-state index contributed by atoms with van der Waals surface area (Å²) in [6.45, 7) is 4.46. The Balaban J connectivity index is 1.90. The largest absolute Gasteiger partial charge is 0.368 e. The molecular formula is C12H15IN4. The molecule has 0 unspecified atom stereocenters. The number of hydrogen-bond acceptors (Lipinski definition) is 3. The molecule has 0 aromatic carbocycles. The molecule has 1 fully saturated rings. The second-order valence-electron chi connectivity index (χ2n) is 4.50. The van der Waals surface area contributed by atoms with E-state index in [9.17, 15) is 0 Å². The lowest BCUT2D eigenvalue weighted by Crippen LogP contribution is -2.44. The summed E-state index contributed by atoms with van der Waals surface area (Å²) >= 11 is 2.32. The van der Waals surface area contributed by atoms with Crippen molar-refractivity contribution in [2.24, 2.45) is 0 Å². The van der Waals surface area contributed by atoms with Crippen molar-refractivity contribution < 1.29 is 0 Å². The van der Waals surface area contributed by atoms with Crippen molar-refractivity contribution in [3.8, 4) is 0 Å². The van der Waals surface area contributed by atoms with Gasteiger partial charge in [-0.25, -0.2) is 4.52 Å². The topological polar surface area (TPSA) is 23.8 Å². The fourth-order valence-electron chi connectivity index (χ4n) is 2.19. The van der Waals surface area contributed by atoms with Crippen LogP contribution in [0.5, 0.6) is 0 Å². The Morgan fingerprint density at radius 2 is 1.94 bits per heavy atom. The summed E-state index contributed by atoms with van der Waals surface area (Å²) < 4.78 is 3.17. The number of likely N-dealkylation sites (N-methyl/N-ethyl adjacent to an activating group) is 1. The Kier molecular flexibility index (Phi) is 2.96. The third-order valence-corrected chi connectivity index (χ3v) is 4.15. The average molecular weight is 342 g/mol. The number of hydrogen-bond donors (Lipinski definition) is 0. The molecule has 0 N–H and O–H groups in total. The number of nitrogens with zero attached hydrogens (tertiary/aromatic N) is 4. The minimum absolute atomic E-state index is 1.10. The molecule has 0 spiro atoms. The second-order valence-corrected chi connectivity index (χ2v) is 5.66. The first-order chi connectivity index (χ1) is 8.24. The normalized spacial score (nSPS) is 17.9. The maximum atomic E-state index is 4.36.